The SMILES string of the molecule is OC[C@@H]1CCNCCN1. The van der Waals surface area contributed by atoms with E-state index in [2.05, 4.69) is 10.6 Å². The molecule has 54 valence electrons. The summed E-state index contributed by atoms with van der Waals surface area (Å²) in [6, 6.07) is 0.319. The van der Waals surface area contributed by atoms with Crippen LogP contribution in [0.3, 0.4) is 0 Å². The Morgan fingerprint density at radius 2 is 2.22 bits per heavy atom. The average Bonchev–Trinajstić information content (AvgIpc) is 2.13. The number of nitrogens with one attached hydrogen (secondary N) is 2. The van der Waals surface area contributed by atoms with Crippen molar-refractivity contribution in [3.8, 4) is 0 Å². The Bertz CT molecular complexity index is 69.5. The third-order valence-corrected chi connectivity index (χ3v) is 1.62. The molecule has 0 radical (unpaired) electrons. The van der Waals surface area contributed by atoms with E-state index in [1.807, 2.05) is 0 Å². The van der Waals surface area contributed by atoms with Gasteiger partial charge in [0.25, 0.3) is 0 Å². The summed E-state index contributed by atoms with van der Waals surface area (Å²) in [6.45, 7) is 3.29. The lowest BCUT2D eigenvalue weighted by atomic mass is 10.2. The van der Waals surface area contributed by atoms with Gasteiger partial charge in [-0.1, -0.05) is 0 Å². The summed E-state index contributed by atoms with van der Waals surface area (Å²) in [5.74, 6) is 0. The summed E-state index contributed by atoms with van der Waals surface area (Å²) in [6.07, 6.45) is 1.04. The number of rotatable bonds is 1. The third kappa shape index (κ3) is 2.30. The fraction of sp³-hybridized carbons (Fsp3) is 1.00. The van der Waals surface area contributed by atoms with Gasteiger partial charge in [0, 0.05) is 19.1 Å². The van der Waals surface area contributed by atoms with E-state index in [9.17, 15) is 0 Å². The van der Waals surface area contributed by atoms with E-state index in [1.54, 1.807) is 0 Å². The van der Waals surface area contributed by atoms with E-state index < -0.39 is 0 Å². The fourth-order valence-electron chi connectivity index (χ4n) is 1.02. The van der Waals surface area contributed by atoms with Crippen molar-refractivity contribution >= 4 is 0 Å². The van der Waals surface area contributed by atoms with E-state index in [0.29, 0.717) is 6.04 Å². The van der Waals surface area contributed by atoms with Crippen LogP contribution in [0.2, 0.25) is 0 Å². The van der Waals surface area contributed by atoms with Crippen molar-refractivity contribution in [2.75, 3.05) is 26.2 Å². The lowest BCUT2D eigenvalue weighted by molar-refractivity contribution is 0.242. The van der Waals surface area contributed by atoms with Crippen LogP contribution in [0.5, 0.6) is 0 Å². The van der Waals surface area contributed by atoms with Crippen molar-refractivity contribution in [2.24, 2.45) is 0 Å². The molecule has 1 fully saturated rings. The second-order valence-electron chi connectivity index (χ2n) is 2.37. The largest absolute Gasteiger partial charge is 0.395 e. The molecule has 1 aliphatic rings. The van der Waals surface area contributed by atoms with Crippen molar-refractivity contribution in [1.29, 1.82) is 0 Å². The second-order valence-corrected chi connectivity index (χ2v) is 2.37. The molecule has 1 aliphatic heterocycles. The molecule has 9 heavy (non-hydrogen) atoms. The molecule has 1 atom stereocenters. The van der Waals surface area contributed by atoms with Gasteiger partial charge in [-0.3, -0.25) is 0 Å². The Labute approximate surface area is 55.5 Å². The Morgan fingerprint density at radius 3 is 3.00 bits per heavy atom. The van der Waals surface area contributed by atoms with Crippen LogP contribution in [0, 0.1) is 0 Å². The molecule has 0 aromatic rings. The van der Waals surface area contributed by atoms with Crippen molar-refractivity contribution in [3.05, 3.63) is 0 Å². The van der Waals surface area contributed by atoms with Gasteiger partial charge < -0.3 is 15.7 Å². The highest BCUT2D eigenvalue weighted by Gasteiger charge is 2.07. The molecule has 0 unspecified atom stereocenters. The number of aliphatic hydroxyl groups excluding tert-OH is 1. The maximum Gasteiger partial charge on any atom is 0.0585 e. The Morgan fingerprint density at radius 1 is 1.33 bits per heavy atom. The smallest absolute Gasteiger partial charge is 0.0585 e. The van der Waals surface area contributed by atoms with Gasteiger partial charge >= 0.3 is 0 Å². The van der Waals surface area contributed by atoms with Crippen molar-refractivity contribution in [2.45, 2.75) is 12.5 Å². The standard InChI is InChI=1S/C6H14N2O/c9-5-6-1-2-7-3-4-8-6/h6-9H,1-5H2/t6-/m0/s1. The summed E-state index contributed by atoms with van der Waals surface area (Å²) in [5, 5.41) is 15.2. The summed E-state index contributed by atoms with van der Waals surface area (Å²) >= 11 is 0. The van der Waals surface area contributed by atoms with Crippen LogP contribution in [0.25, 0.3) is 0 Å². The molecule has 0 saturated carbocycles. The monoisotopic (exact) mass is 130 g/mol. The minimum Gasteiger partial charge on any atom is -0.395 e. The van der Waals surface area contributed by atoms with E-state index in [4.69, 9.17) is 5.11 Å². The van der Waals surface area contributed by atoms with E-state index >= 15 is 0 Å². The van der Waals surface area contributed by atoms with E-state index in [0.717, 1.165) is 26.1 Å². The predicted octanol–water partition coefficient (Wildman–Crippen LogP) is -1.07. The lowest BCUT2D eigenvalue weighted by Crippen LogP contribution is -2.32. The van der Waals surface area contributed by atoms with Crippen molar-refractivity contribution in [3.63, 3.8) is 0 Å². The average molecular weight is 130 g/mol. The zero-order chi connectivity index (χ0) is 6.53. The summed E-state index contributed by atoms with van der Waals surface area (Å²) in [4.78, 5) is 0. The zero-order valence-corrected chi connectivity index (χ0v) is 5.56. The summed E-state index contributed by atoms with van der Waals surface area (Å²) in [7, 11) is 0. The van der Waals surface area contributed by atoms with Gasteiger partial charge in [-0.25, -0.2) is 0 Å². The molecule has 0 spiro atoms. The fourth-order valence-corrected chi connectivity index (χ4v) is 1.02. The molecule has 3 N–H and O–H groups in total. The first kappa shape index (κ1) is 6.99. The van der Waals surface area contributed by atoms with Gasteiger partial charge in [0.1, 0.15) is 0 Å². The van der Waals surface area contributed by atoms with Crippen LogP contribution in [0.15, 0.2) is 0 Å². The van der Waals surface area contributed by atoms with Crippen LogP contribution in [-0.2, 0) is 0 Å². The molecule has 1 rings (SSSR count). The van der Waals surface area contributed by atoms with Gasteiger partial charge in [-0.05, 0) is 13.0 Å². The van der Waals surface area contributed by atoms with Gasteiger partial charge in [-0.15, -0.1) is 0 Å². The van der Waals surface area contributed by atoms with Gasteiger partial charge in [0.15, 0.2) is 0 Å². The molecular weight excluding hydrogens is 116 g/mol. The first-order valence-corrected chi connectivity index (χ1v) is 3.48. The molecule has 0 amide bonds. The van der Waals surface area contributed by atoms with Crippen molar-refractivity contribution in [1.82, 2.24) is 10.6 Å². The van der Waals surface area contributed by atoms with Crippen LogP contribution >= 0.6 is 0 Å². The van der Waals surface area contributed by atoms with Gasteiger partial charge in [0.2, 0.25) is 0 Å². The Hall–Kier alpha value is -0.120. The highest BCUT2D eigenvalue weighted by Crippen LogP contribution is 1.90. The highest BCUT2D eigenvalue weighted by atomic mass is 16.3. The Balaban J connectivity index is 2.18. The third-order valence-electron chi connectivity index (χ3n) is 1.62. The number of hydrogen-bond donors (Lipinski definition) is 3. The Kier molecular flexibility index (Phi) is 2.97. The molecule has 3 heteroatoms. The lowest BCUT2D eigenvalue weighted by Gasteiger charge is -2.09. The van der Waals surface area contributed by atoms with E-state index in [1.165, 1.54) is 0 Å². The molecule has 0 aromatic carbocycles. The van der Waals surface area contributed by atoms with E-state index in [-0.39, 0.29) is 6.61 Å². The molecule has 3 nitrogen and oxygen atoms in total. The van der Waals surface area contributed by atoms with Crippen molar-refractivity contribution < 1.29 is 5.11 Å². The molecule has 1 saturated heterocycles. The molecule has 0 aliphatic carbocycles. The van der Waals surface area contributed by atoms with Gasteiger partial charge in [-0.2, -0.15) is 0 Å². The topological polar surface area (TPSA) is 44.3 Å². The molecule has 0 aromatic heterocycles. The van der Waals surface area contributed by atoms with Crippen LogP contribution in [0.4, 0.5) is 0 Å². The first-order valence-electron chi connectivity index (χ1n) is 3.48. The minimum atomic E-state index is 0.266. The molecule has 0 bridgehead atoms. The quantitative estimate of drug-likeness (QED) is 0.423. The highest BCUT2D eigenvalue weighted by molar-refractivity contribution is 4.70. The van der Waals surface area contributed by atoms with Crippen LogP contribution < -0.4 is 10.6 Å². The van der Waals surface area contributed by atoms with Crippen LogP contribution in [0.1, 0.15) is 6.42 Å². The summed E-state index contributed by atoms with van der Waals surface area (Å²) < 4.78 is 0. The maximum atomic E-state index is 8.73. The molecular formula is C6H14N2O. The van der Waals surface area contributed by atoms with Gasteiger partial charge in [0.05, 0.1) is 6.61 Å². The minimum absolute atomic E-state index is 0.266. The first-order chi connectivity index (χ1) is 4.43. The predicted molar refractivity (Wildman–Crippen MR) is 36.4 cm³/mol. The number of aliphatic hydroxyl groups is 1. The second kappa shape index (κ2) is 3.82. The normalized spacial score (nSPS) is 29.7. The maximum absolute atomic E-state index is 8.73. The number of hydrogen-bond acceptors (Lipinski definition) is 3. The zero-order valence-electron chi connectivity index (χ0n) is 5.56. The van der Waals surface area contributed by atoms with Crippen LogP contribution in [-0.4, -0.2) is 37.4 Å². The molecule has 1 heterocycles. The summed E-state index contributed by atoms with van der Waals surface area (Å²) in [5.41, 5.74) is 0.